The number of phosphoric acid groups is 1. The van der Waals surface area contributed by atoms with E-state index in [1.54, 1.807) is 6.08 Å². The van der Waals surface area contributed by atoms with Crippen LogP contribution in [0.5, 0.6) is 0 Å². The van der Waals surface area contributed by atoms with Crippen molar-refractivity contribution >= 4 is 19.8 Å². The van der Waals surface area contributed by atoms with Crippen molar-refractivity contribution in [2.75, 3.05) is 26.4 Å². The molecule has 0 saturated carbocycles. The van der Waals surface area contributed by atoms with Gasteiger partial charge in [0.05, 0.1) is 19.3 Å². The van der Waals surface area contributed by atoms with Crippen molar-refractivity contribution in [1.29, 1.82) is 0 Å². The predicted molar refractivity (Wildman–Crippen MR) is 229 cm³/mol. The molecule has 0 aromatic carbocycles. The SMILES string of the molecule is CCCCC/C=C\C=C/[C@H](O)C/C=C\C/C=C/CCCC(=O)O[C@H](COC(=O)CCCCCCCCc1oc(CCCCC)c(C)c1C)COP(=O)(O)OCCN. The van der Waals surface area contributed by atoms with Crippen molar-refractivity contribution in [1.82, 2.24) is 0 Å². The second kappa shape index (κ2) is 34.1. The Morgan fingerprint density at radius 3 is 2.05 bits per heavy atom. The van der Waals surface area contributed by atoms with Gasteiger partial charge in [0.15, 0.2) is 6.10 Å². The topological polar surface area (TPSA) is 168 Å². The molecule has 0 fully saturated rings. The highest BCUT2D eigenvalue weighted by Gasteiger charge is 2.26. The molecule has 0 radical (unpaired) electrons. The highest BCUT2D eigenvalue weighted by atomic mass is 31.2. The molecule has 0 spiro atoms. The molecular weight excluding hydrogens is 745 g/mol. The van der Waals surface area contributed by atoms with E-state index < -0.39 is 38.6 Å². The molecule has 12 heteroatoms. The molecule has 1 heterocycles. The lowest BCUT2D eigenvalue weighted by Gasteiger charge is -2.19. The fourth-order valence-corrected chi connectivity index (χ4v) is 6.71. The molecule has 0 aliphatic heterocycles. The summed E-state index contributed by atoms with van der Waals surface area (Å²) in [6, 6.07) is 0. The third-order valence-electron chi connectivity index (χ3n) is 9.50. The minimum absolute atomic E-state index is 0.0249. The molecule has 11 nitrogen and oxygen atoms in total. The average Bonchev–Trinajstić information content (AvgIpc) is 3.45. The van der Waals surface area contributed by atoms with Gasteiger partial charge < -0.3 is 29.6 Å². The minimum atomic E-state index is -4.43. The number of carbonyl (C=O) groups excluding carboxylic acids is 2. The minimum Gasteiger partial charge on any atom is -0.466 e. The highest BCUT2D eigenvalue weighted by Crippen LogP contribution is 2.43. The van der Waals surface area contributed by atoms with Gasteiger partial charge in [-0.2, -0.15) is 0 Å². The lowest BCUT2D eigenvalue weighted by molar-refractivity contribution is -0.161. The van der Waals surface area contributed by atoms with Gasteiger partial charge >= 0.3 is 19.8 Å². The molecule has 4 N–H and O–H groups in total. The molecule has 0 aliphatic rings. The van der Waals surface area contributed by atoms with Gasteiger partial charge in [-0.3, -0.25) is 18.6 Å². The van der Waals surface area contributed by atoms with Crippen LogP contribution in [0.15, 0.2) is 53.0 Å². The first-order chi connectivity index (χ1) is 27.5. The first-order valence-corrected chi connectivity index (χ1v) is 23.1. The summed E-state index contributed by atoms with van der Waals surface area (Å²) in [6.07, 6.45) is 32.9. The molecular formula is C45H76NO10P. The van der Waals surface area contributed by atoms with Gasteiger partial charge in [-0.05, 0) is 82.8 Å². The normalized spacial score (nSPS) is 14.3. The number of unbranched alkanes of at least 4 members (excludes halogenated alkanes) is 11. The summed E-state index contributed by atoms with van der Waals surface area (Å²) < 4.78 is 38.9. The smallest absolute Gasteiger partial charge is 0.466 e. The zero-order chi connectivity index (χ0) is 42.0. The van der Waals surface area contributed by atoms with Gasteiger partial charge in [0.25, 0.3) is 0 Å². The number of ether oxygens (including phenoxy) is 2. The summed E-state index contributed by atoms with van der Waals surface area (Å²) in [5.74, 6) is 1.29. The molecule has 1 aromatic rings. The van der Waals surface area contributed by atoms with Gasteiger partial charge in [0.1, 0.15) is 18.1 Å². The number of hydrogen-bond acceptors (Lipinski definition) is 10. The molecule has 326 valence electrons. The van der Waals surface area contributed by atoms with E-state index >= 15 is 0 Å². The van der Waals surface area contributed by atoms with E-state index in [4.69, 9.17) is 28.7 Å². The zero-order valence-electron chi connectivity index (χ0n) is 35.6. The molecule has 1 unspecified atom stereocenters. The van der Waals surface area contributed by atoms with Crippen LogP contribution in [0.3, 0.4) is 0 Å². The number of rotatable bonds is 36. The van der Waals surface area contributed by atoms with Gasteiger partial charge in [0.2, 0.25) is 0 Å². The van der Waals surface area contributed by atoms with E-state index in [1.165, 1.54) is 49.7 Å². The molecule has 3 atom stereocenters. The number of allylic oxidation sites excluding steroid dienone is 6. The zero-order valence-corrected chi connectivity index (χ0v) is 36.5. The first-order valence-electron chi connectivity index (χ1n) is 21.6. The molecule has 1 aromatic heterocycles. The number of aliphatic hydroxyl groups excluding tert-OH is 1. The maximum Gasteiger partial charge on any atom is 0.472 e. The summed E-state index contributed by atoms with van der Waals surface area (Å²) in [5, 5.41) is 10.1. The third-order valence-corrected chi connectivity index (χ3v) is 10.5. The number of esters is 2. The maximum atomic E-state index is 12.6. The van der Waals surface area contributed by atoms with Crippen molar-refractivity contribution in [2.45, 2.75) is 175 Å². The third kappa shape index (κ3) is 28.3. The van der Waals surface area contributed by atoms with Crippen molar-refractivity contribution in [2.24, 2.45) is 5.73 Å². The fraction of sp³-hybridized carbons (Fsp3) is 0.689. The quantitative estimate of drug-likeness (QED) is 0.0194. The lowest BCUT2D eigenvalue weighted by Crippen LogP contribution is -2.29. The molecule has 0 saturated heterocycles. The Labute approximate surface area is 344 Å². The van der Waals surface area contributed by atoms with Crippen LogP contribution in [0.25, 0.3) is 0 Å². The Kier molecular flexibility index (Phi) is 31.3. The number of aryl methyl sites for hydroxylation is 2. The summed E-state index contributed by atoms with van der Waals surface area (Å²) in [4.78, 5) is 35.0. The molecule has 1 rings (SSSR count). The summed E-state index contributed by atoms with van der Waals surface area (Å²) >= 11 is 0. The van der Waals surface area contributed by atoms with Crippen LogP contribution >= 0.6 is 7.82 Å². The fourth-order valence-electron chi connectivity index (χ4n) is 5.94. The number of aliphatic hydroxyl groups is 1. The van der Waals surface area contributed by atoms with Crippen LogP contribution < -0.4 is 5.73 Å². The Bertz CT molecular complexity index is 1370. The predicted octanol–water partition coefficient (Wildman–Crippen LogP) is 10.6. The number of hydrogen-bond donors (Lipinski definition) is 3. The first kappa shape index (κ1) is 52.2. The number of furan rings is 1. The van der Waals surface area contributed by atoms with Crippen molar-refractivity contribution in [3.05, 3.63) is 71.3 Å². The van der Waals surface area contributed by atoms with Crippen molar-refractivity contribution in [3.63, 3.8) is 0 Å². The van der Waals surface area contributed by atoms with Crippen LogP contribution in [0.2, 0.25) is 0 Å². The van der Waals surface area contributed by atoms with Gasteiger partial charge in [-0.15, -0.1) is 0 Å². The Morgan fingerprint density at radius 2 is 1.35 bits per heavy atom. The van der Waals surface area contributed by atoms with Crippen molar-refractivity contribution in [3.8, 4) is 0 Å². The second-order valence-corrected chi connectivity index (χ2v) is 16.1. The Hall–Kier alpha value is -2.79. The second-order valence-electron chi connectivity index (χ2n) is 14.6. The van der Waals surface area contributed by atoms with Crippen LogP contribution in [-0.2, 0) is 45.5 Å². The van der Waals surface area contributed by atoms with E-state index in [0.717, 1.165) is 62.9 Å². The summed E-state index contributed by atoms with van der Waals surface area (Å²) in [5.41, 5.74) is 7.93. The van der Waals surface area contributed by atoms with Crippen LogP contribution in [0.1, 0.15) is 158 Å². The number of nitrogens with two attached hydrogens (primary N) is 1. The van der Waals surface area contributed by atoms with E-state index in [9.17, 15) is 24.2 Å². The van der Waals surface area contributed by atoms with Crippen molar-refractivity contribution < 1.29 is 47.1 Å². The van der Waals surface area contributed by atoms with Gasteiger partial charge in [0, 0.05) is 32.2 Å². The van der Waals surface area contributed by atoms with Gasteiger partial charge in [-0.25, -0.2) is 4.57 Å². The Balaban J connectivity index is 2.36. The van der Waals surface area contributed by atoms with Crippen LogP contribution in [-0.4, -0.2) is 60.5 Å². The lowest BCUT2D eigenvalue weighted by atomic mass is 10.0. The maximum absolute atomic E-state index is 12.6. The van der Waals surface area contributed by atoms with E-state index in [0.29, 0.717) is 32.1 Å². The standard InChI is InChI=1S/C45H76NO10P/c1-5-7-9-10-12-17-23-28-40(47)29-24-18-13-11-14-21-27-33-45(49)55-41(37-54-57(50,51)53-35-34-46)36-52-44(48)32-26-20-16-15-19-25-31-43-39(4)38(3)42(56-43)30-22-8-6-2/h11-12,14,17-18,23-24,28,40-41,47H,5-10,13,15-16,19-22,25-27,29-37,46H2,1-4H3,(H,50,51)/b14-11+,17-12-,24-18-,28-23-/t40-,41+/m0/s1. The molecule has 0 bridgehead atoms. The molecule has 0 amide bonds. The number of carbonyl (C=O) groups is 2. The van der Waals surface area contributed by atoms with Gasteiger partial charge in [-0.1, -0.05) is 114 Å². The summed E-state index contributed by atoms with van der Waals surface area (Å²) in [6.45, 7) is 7.77. The Morgan fingerprint density at radius 1 is 0.737 bits per heavy atom. The van der Waals surface area contributed by atoms with E-state index in [-0.39, 0.29) is 32.6 Å². The van der Waals surface area contributed by atoms with Crippen LogP contribution in [0, 0.1) is 13.8 Å². The molecule has 57 heavy (non-hydrogen) atoms. The monoisotopic (exact) mass is 822 g/mol. The molecule has 0 aliphatic carbocycles. The largest absolute Gasteiger partial charge is 0.472 e. The highest BCUT2D eigenvalue weighted by molar-refractivity contribution is 7.47. The number of phosphoric ester groups is 1. The average molecular weight is 822 g/mol. The summed E-state index contributed by atoms with van der Waals surface area (Å²) in [7, 11) is -4.43. The van der Waals surface area contributed by atoms with E-state index in [2.05, 4.69) is 33.8 Å². The van der Waals surface area contributed by atoms with Crippen LogP contribution in [0.4, 0.5) is 0 Å². The van der Waals surface area contributed by atoms with E-state index in [1.807, 2.05) is 36.5 Å².